The Kier molecular flexibility index (Phi) is 9.81. The van der Waals surface area contributed by atoms with Gasteiger partial charge in [0, 0.05) is 0 Å². The van der Waals surface area contributed by atoms with Gasteiger partial charge in [-0.05, 0) is 13.1 Å². The van der Waals surface area contributed by atoms with Crippen molar-refractivity contribution < 1.29 is 18.9 Å². The molecule has 0 aromatic carbocycles. The van der Waals surface area contributed by atoms with E-state index in [4.69, 9.17) is 12.6 Å². The van der Waals surface area contributed by atoms with Crippen LogP contribution in [-0.2, 0) is 12.6 Å². The van der Waals surface area contributed by atoms with Crippen LogP contribution < -0.4 is 18.9 Å². The van der Waals surface area contributed by atoms with Gasteiger partial charge in [-0.1, -0.05) is 20.8 Å². The van der Waals surface area contributed by atoms with Crippen molar-refractivity contribution in [2.75, 3.05) is 13.1 Å². The average molecular weight is 139 g/mol. The molecule has 50 valence electrons. The van der Waals surface area contributed by atoms with Crippen LogP contribution in [0, 0.1) is 0 Å². The first-order valence-electron chi connectivity index (χ1n) is 3.12. The quantitative estimate of drug-likeness (QED) is 0.336. The second kappa shape index (κ2) is 7.02. The maximum atomic E-state index is 5.02. The number of nitrogens with zero attached hydrogens (tertiary/aromatic N) is 1. The summed E-state index contributed by atoms with van der Waals surface area (Å²) in [7, 11) is 0. The molecule has 0 aliphatic rings. The number of hydrogen-bond donors (Lipinski definition) is 0. The van der Waals surface area contributed by atoms with Gasteiger partial charge in [0.15, 0.2) is 0 Å². The maximum absolute atomic E-state index is 5.02. The van der Waals surface area contributed by atoms with Gasteiger partial charge in [0.05, 0.1) is 0 Å². The summed E-state index contributed by atoms with van der Waals surface area (Å²) in [5, 5.41) is 0.296. The van der Waals surface area contributed by atoms with Crippen molar-refractivity contribution >= 4 is 12.6 Å². The van der Waals surface area contributed by atoms with Crippen LogP contribution in [0.5, 0.6) is 0 Å². The minimum absolute atomic E-state index is 0. The van der Waals surface area contributed by atoms with Crippen LogP contribution in [-0.4, -0.2) is 23.4 Å². The van der Waals surface area contributed by atoms with Crippen LogP contribution >= 0.6 is 0 Å². The zero-order chi connectivity index (χ0) is 6.57. The Morgan fingerprint density at radius 2 is 1.67 bits per heavy atom. The zero-order valence-electron chi connectivity index (χ0n) is 6.85. The summed E-state index contributed by atoms with van der Waals surface area (Å²) >= 11 is 5.02. The SMILES string of the molecule is CCN(CC)C(C)[S-].[Li+]. The molecule has 3 heteroatoms. The summed E-state index contributed by atoms with van der Waals surface area (Å²) in [6, 6.07) is 0. The molecule has 0 spiro atoms. The van der Waals surface area contributed by atoms with E-state index in [9.17, 15) is 0 Å². The molecular weight excluding hydrogens is 125 g/mol. The van der Waals surface area contributed by atoms with E-state index in [1.54, 1.807) is 0 Å². The van der Waals surface area contributed by atoms with Gasteiger partial charge in [-0.15, -0.1) is 5.37 Å². The first-order valence-corrected chi connectivity index (χ1v) is 3.59. The molecule has 0 saturated carbocycles. The largest absolute Gasteiger partial charge is 1.00 e. The van der Waals surface area contributed by atoms with Crippen LogP contribution in [0.25, 0.3) is 0 Å². The Labute approximate surface area is 75.8 Å². The summed E-state index contributed by atoms with van der Waals surface area (Å²) < 4.78 is 0. The van der Waals surface area contributed by atoms with Crippen LogP contribution in [0.15, 0.2) is 0 Å². The third-order valence-corrected chi connectivity index (χ3v) is 1.62. The van der Waals surface area contributed by atoms with Gasteiger partial charge in [0.1, 0.15) is 0 Å². The molecule has 1 atom stereocenters. The first-order chi connectivity index (χ1) is 3.72. The molecule has 0 aliphatic carbocycles. The molecule has 0 N–H and O–H groups in total. The Morgan fingerprint density at radius 1 is 1.33 bits per heavy atom. The minimum atomic E-state index is 0. The molecule has 0 heterocycles. The Balaban J connectivity index is 0. The summed E-state index contributed by atoms with van der Waals surface area (Å²) in [5.74, 6) is 0. The third-order valence-electron chi connectivity index (χ3n) is 1.33. The molecule has 0 saturated heterocycles. The van der Waals surface area contributed by atoms with Crippen molar-refractivity contribution in [3.05, 3.63) is 0 Å². The molecule has 0 amide bonds. The van der Waals surface area contributed by atoms with Crippen LogP contribution in [0.3, 0.4) is 0 Å². The topological polar surface area (TPSA) is 3.24 Å². The Morgan fingerprint density at radius 3 is 1.67 bits per heavy atom. The standard InChI is InChI=1S/C6H15NS.Li/c1-4-7(5-2)6(3)8;/h6,8H,4-5H2,1-3H3;/q;+1/p-1. The van der Waals surface area contributed by atoms with Crippen molar-refractivity contribution in [1.82, 2.24) is 4.90 Å². The van der Waals surface area contributed by atoms with Gasteiger partial charge < -0.3 is 17.5 Å². The predicted molar refractivity (Wildman–Crippen MR) is 39.7 cm³/mol. The first kappa shape index (κ1) is 12.6. The molecule has 0 fully saturated rings. The fourth-order valence-corrected chi connectivity index (χ4v) is 1.04. The normalized spacial score (nSPS) is 13.0. The van der Waals surface area contributed by atoms with Gasteiger partial charge in [-0.25, -0.2) is 0 Å². The third kappa shape index (κ3) is 5.36. The van der Waals surface area contributed by atoms with E-state index in [1.807, 2.05) is 6.92 Å². The van der Waals surface area contributed by atoms with E-state index in [-0.39, 0.29) is 18.9 Å². The molecule has 0 aliphatic heterocycles. The predicted octanol–water partition coefficient (Wildman–Crippen LogP) is -1.77. The van der Waals surface area contributed by atoms with Gasteiger partial charge in [-0.2, -0.15) is 0 Å². The average Bonchev–Trinajstić information content (AvgIpc) is 1.69. The van der Waals surface area contributed by atoms with E-state index in [0.29, 0.717) is 5.37 Å². The van der Waals surface area contributed by atoms with Gasteiger partial charge in [0.2, 0.25) is 0 Å². The molecule has 0 radical (unpaired) electrons. The second-order valence-electron chi connectivity index (χ2n) is 1.82. The molecule has 1 nitrogen and oxygen atoms in total. The van der Waals surface area contributed by atoms with Gasteiger partial charge in [-0.3, -0.25) is 0 Å². The Bertz CT molecular complexity index is 55.0. The zero-order valence-corrected chi connectivity index (χ0v) is 7.66. The van der Waals surface area contributed by atoms with Crippen molar-refractivity contribution in [1.29, 1.82) is 0 Å². The van der Waals surface area contributed by atoms with Gasteiger partial charge >= 0.3 is 18.9 Å². The minimum Gasteiger partial charge on any atom is -0.774 e. The van der Waals surface area contributed by atoms with E-state index in [0.717, 1.165) is 13.1 Å². The van der Waals surface area contributed by atoms with Gasteiger partial charge in [0.25, 0.3) is 0 Å². The van der Waals surface area contributed by atoms with E-state index >= 15 is 0 Å². The van der Waals surface area contributed by atoms with Crippen molar-refractivity contribution in [2.24, 2.45) is 0 Å². The molecule has 0 aromatic heterocycles. The monoisotopic (exact) mass is 139 g/mol. The molecule has 0 aromatic rings. The Hall–Kier alpha value is 0.907. The molecule has 9 heavy (non-hydrogen) atoms. The van der Waals surface area contributed by atoms with Crippen LogP contribution in [0.4, 0.5) is 0 Å². The van der Waals surface area contributed by atoms with Crippen LogP contribution in [0.1, 0.15) is 20.8 Å². The summed E-state index contributed by atoms with van der Waals surface area (Å²) in [6.45, 7) is 8.45. The van der Waals surface area contributed by atoms with E-state index in [1.165, 1.54) is 0 Å². The fraction of sp³-hybridized carbons (Fsp3) is 1.00. The summed E-state index contributed by atoms with van der Waals surface area (Å²) in [5.41, 5.74) is 0. The molecule has 1 unspecified atom stereocenters. The maximum Gasteiger partial charge on any atom is 1.00 e. The molecular formula is C6H14LiNS. The second-order valence-corrected chi connectivity index (χ2v) is 2.50. The van der Waals surface area contributed by atoms with Crippen LogP contribution in [0.2, 0.25) is 0 Å². The fourth-order valence-electron chi connectivity index (χ4n) is 0.738. The molecule has 0 bridgehead atoms. The number of rotatable bonds is 3. The van der Waals surface area contributed by atoms with Crippen molar-refractivity contribution in [3.63, 3.8) is 0 Å². The summed E-state index contributed by atoms with van der Waals surface area (Å²) in [6.07, 6.45) is 0. The smallest absolute Gasteiger partial charge is 0.774 e. The molecule has 0 rings (SSSR count). The van der Waals surface area contributed by atoms with E-state index < -0.39 is 0 Å². The van der Waals surface area contributed by atoms with Crippen molar-refractivity contribution in [3.8, 4) is 0 Å². The number of hydrogen-bond acceptors (Lipinski definition) is 2. The van der Waals surface area contributed by atoms with E-state index in [2.05, 4.69) is 18.7 Å². The van der Waals surface area contributed by atoms with Crippen molar-refractivity contribution in [2.45, 2.75) is 26.1 Å². The summed E-state index contributed by atoms with van der Waals surface area (Å²) in [4.78, 5) is 2.23.